The molecule has 0 fully saturated rings. The minimum absolute atomic E-state index is 0.0673. The fourth-order valence-corrected chi connectivity index (χ4v) is 1.42. The number of carbonyl (C=O) groups excluding carboxylic acids is 1. The van der Waals surface area contributed by atoms with Gasteiger partial charge in [0.05, 0.1) is 5.56 Å². The SMILES string of the molecule is C=CC(=O)N(C)Cc1ccccc1C(F)(F)F. The Morgan fingerprint density at radius 2 is 2.00 bits per heavy atom. The number of hydrogen-bond donors (Lipinski definition) is 0. The number of rotatable bonds is 3. The summed E-state index contributed by atoms with van der Waals surface area (Å²) in [6.07, 6.45) is -3.34. The molecule has 1 amide bonds. The molecule has 0 saturated carbocycles. The van der Waals surface area contributed by atoms with Crippen LogP contribution in [0.1, 0.15) is 11.1 Å². The fourth-order valence-electron chi connectivity index (χ4n) is 1.42. The molecular weight excluding hydrogens is 231 g/mol. The first-order chi connectivity index (χ1) is 7.86. The molecule has 0 aromatic heterocycles. The number of hydrogen-bond acceptors (Lipinski definition) is 1. The van der Waals surface area contributed by atoms with E-state index >= 15 is 0 Å². The van der Waals surface area contributed by atoms with Crippen LogP contribution in [0.15, 0.2) is 36.9 Å². The summed E-state index contributed by atoms with van der Waals surface area (Å²) in [5.74, 6) is -0.415. The second-order valence-corrected chi connectivity index (χ2v) is 3.55. The first-order valence-electron chi connectivity index (χ1n) is 4.89. The van der Waals surface area contributed by atoms with E-state index in [0.717, 1.165) is 12.1 Å². The fraction of sp³-hybridized carbons (Fsp3) is 0.250. The molecule has 0 bridgehead atoms. The molecule has 1 rings (SSSR count). The zero-order chi connectivity index (χ0) is 13.1. The smallest absolute Gasteiger partial charge is 0.338 e. The van der Waals surface area contributed by atoms with Gasteiger partial charge in [-0.25, -0.2) is 0 Å². The molecule has 0 heterocycles. The molecule has 0 atom stereocenters. The van der Waals surface area contributed by atoms with E-state index in [4.69, 9.17) is 0 Å². The largest absolute Gasteiger partial charge is 0.416 e. The summed E-state index contributed by atoms with van der Waals surface area (Å²) in [5.41, 5.74) is -0.651. The lowest BCUT2D eigenvalue weighted by Crippen LogP contribution is -2.25. The van der Waals surface area contributed by atoms with Crippen molar-refractivity contribution in [2.24, 2.45) is 0 Å². The standard InChI is InChI=1S/C12H12F3NO/c1-3-11(17)16(2)8-9-6-4-5-7-10(9)12(13,14)15/h3-7H,1,8H2,2H3. The van der Waals surface area contributed by atoms with Crippen molar-refractivity contribution in [2.75, 3.05) is 7.05 Å². The summed E-state index contributed by atoms with van der Waals surface area (Å²) in [4.78, 5) is 12.4. The summed E-state index contributed by atoms with van der Waals surface area (Å²) in [6.45, 7) is 3.18. The van der Waals surface area contributed by atoms with Gasteiger partial charge in [0.1, 0.15) is 0 Å². The van der Waals surface area contributed by atoms with Crippen LogP contribution in [-0.2, 0) is 17.5 Å². The molecule has 0 N–H and O–H groups in total. The highest BCUT2D eigenvalue weighted by molar-refractivity contribution is 5.86. The van der Waals surface area contributed by atoms with Gasteiger partial charge in [-0.3, -0.25) is 4.79 Å². The molecule has 0 unspecified atom stereocenters. The third kappa shape index (κ3) is 3.34. The van der Waals surface area contributed by atoms with Gasteiger partial charge in [-0.05, 0) is 17.7 Å². The van der Waals surface area contributed by atoms with Crippen LogP contribution in [0.4, 0.5) is 13.2 Å². The lowest BCUT2D eigenvalue weighted by Gasteiger charge is -2.18. The van der Waals surface area contributed by atoms with Crippen LogP contribution in [0.2, 0.25) is 0 Å². The van der Waals surface area contributed by atoms with E-state index in [9.17, 15) is 18.0 Å². The Morgan fingerprint density at radius 3 is 2.53 bits per heavy atom. The average molecular weight is 243 g/mol. The Bertz CT molecular complexity index is 426. The number of halogens is 3. The highest BCUT2D eigenvalue weighted by Crippen LogP contribution is 2.32. The van der Waals surface area contributed by atoms with E-state index < -0.39 is 17.6 Å². The molecule has 92 valence electrons. The van der Waals surface area contributed by atoms with Crippen molar-refractivity contribution in [3.8, 4) is 0 Å². The van der Waals surface area contributed by atoms with Crippen LogP contribution < -0.4 is 0 Å². The Balaban J connectivity index is 2.99. The van der Waals surface area contributed by atoms with Crippen molar-refractivity contribution in [2.45, 2.75) is 12.7 Å². The zero-order valence-corrected chi connectivity index (χ0v) is 9.29. The van der Waals surface area contributed by atoms with Gasteiger partial charge in [-0.2, -0.15) is 13.2 Å². The second kappa shape index (κ2) is 5.03. The van der Waals surface area contributed by atoms with Gasteiger partial charge in [-0.15, -0.1) is 0 Å². The molecule has 1 aromatic carbocycles. The first-order valence-corrected chi connectivity index (χ1v) is 4.89. The lowest BCUT2D eigenvalue weighted by atomic mass is 10.1. The summed E-state index contributed by atoms with van der Waals surface area (Å²) in [6, 6.07) is 5.19. The molecule has 17 heavy (non-hydrogen) atoms. The maximum absolute atomic E-state index is 12.7. The monoisotopic (exact) mass is 243 g/mol. The van der Waals surface area contributed by atoms with Gasteiger partial charge >= 0.3 is 6.18 Å². The third-order valence-corrected chi connectivity index (χ3v) is 2.28. The van der Waals surface area contributed by atoms with E-state index in [0.29, 0.717) is 0 Å². The average Bonchev–Trinajstić information content (AvgIpc) is 2.27. The summed E-state index contributed by atoms with van der Waals surface area (Å²) in [5, 5.41) is 0. The van der Waals surface area contributed by atoms with E-state index in [1.165, 1.54) is 30.1 Å². The molecule has 0 aliphatic rings. The molecule has 0 saturated heterocycles. The van der Waals surface area contributed by atoms with Gasteiger partial charge in [0.25, 0.3) is 0 Å². The number of amides is 1. The topological polar surface area (TPSA) is 20.3 Å². The van der Waals surface area contributed by atoms with E-state index in [1.807, 2.05) is 0 Å². The predicted octanol–water partition coefficient (Wildman–Crippen LogP) is 2.85. The maximum atomic E-state index is 12.7. The third-order valence-electron chi connectivity index (χ3n) is 2.28. The lowest BCUT2D eigenvalue weighted by molar-refractivity contribution is -0.139. The van der Waals surface area contributed by atoms with Crippen LogP contribution in [0.3, 0.4) is 0 Å². The normalized spacial score (nSPS) is 11.1. The highest BCUT2D eigenvalue weighted by atomic mass is 19.4. The van der Waals surface area contributed by atoms with E-state index in [2.05, 4.69) is 6.58 Å². The van der Waals surface area contributed by atoms with Gasteiger partial charge < -0.3 is 4.90 Å². The molecule has 0 aliphatic heterocycles. The van der Waals surface area contributed by atoms with Crippen molar-refractivity contribution >= 4 is 5.91 Å². The van der Waals surface area contributed by atoms with Crippen molar-refractivity contribution in [1.29, 1.82) is 0 Å². The van der Waals surface area contributed by atoms with Crippen LogP contribution in [0, 0.1) is 0 Å². The second-order valence-electron chi connectivity index (χ2n) is 3.55. The van der Waals surface area contributed by atoms with E-state index in [1.54, 1.807) is 0 Å². The Hall–Kier alpha value is -1.78. The highest BCUT2D eigenvalue weighted by Gasteiger charge is 2.33. The van der Waals surface area contributed by atoms with Crippen LogP contribution in [0.25, 0.3) is 0 Å². The van der Waals surface area contributed by atoms with Crippen molar-refractivity contribution in [3.63, 3.8) is 0 Å². The Labute approximate surface area is 97.3 Å². The molecule has 5 heteroatoms. The number of carbonyl (C=O) groups is 1. The molecule has 0 spiro atoms. The predicted molar refractivity (Wildman–Crippen MR) is 58.1 cm³/mol. The molecule has 0 aliphatic carbocycles. The maximum Gasteiger partial charge on any atom is 0.416 e. The van der Waals surface area contributed by atoms with Gasteiger partial charge in [0.2, 0.25) is 5.91 Å². The quantitative estimate of drug-likeness (QED) is 0.747. The number of likely N-dealkylation sites (N-methyl/N-ethyl adjacent to an activating group) is 1. The molecular formula is C12H12F3NO. The van der Waals surface area contributed by atoms with Crippen molar-refractivity contribution in [1.82, 2.24) is 4.90 Å². The number of nitrogens with zero attached hydrogens (tertiary/aromatic N) is 1. The summed E-state index contributed by atoms with van der Waals surface area (Å²) < 4.78 is 38.0. The molecule has 0 radical (unpaired) electrons. The summed E-state index contributed by atoms with van der Waals surface area (Å²) >= 11 is 0. The minimum Gasteiger partial charge on any atom is -0.338 e. The van der Waals surface area contributed by atoms with Crippen molar-refractivity contribution in [3.05, 3.63) is 48.0 Å². The van der Waals surface area contributed by atoms with Crippen LogP contribution in [-0.4, -0.2) is 17.9 Å². The Kier molecular flexibility index (Phi) is 3.93. The number of alkyl halides is 3. The van der Waals surface area contributed by atoms with E-state index in [-0.39, 0.29) is 12.1 Å². The van der Waals surface area contributed by atoms with Gasteiger partial charge in [0, 0.05) is 13.6 Å². The Morgan fingerprint density at radius 1 is 1.41 bits per heavy atom. The van der Waals surface area contributed by atoms with Gasteiger partial charge in [0.15, 0.2) is 0 Å². The molecule has 1 aromatic rings. The molecule has 2 nitrogen and oxygen atoms in total. The van der Waals surface area contributed by atoms with Gasteiger partial charge in [-0.1, -0.05) is 24.8 Å². The van der Waals surface area contributed by atoms with Crippen LogP contribution >= 0.6 is 0 Å². The zero-order valence-electron chi connectivity index (χ0n) is 9.29. The first kappa shape index (κ1) is 13.3. The number of benzene rings is 1. The van der Waals surface area contributed by atoms with Crippen molar-refractivity contribution < 1.29 is 18.0 Å². The minimum atomic E-state index is -4.41. The van der Waals surface area contributed by atoms with Crippen LogP contribution in [0.5, 0.6) is 0 Å². The summed E-state index contributed by atoms with van der Waals surface area (Å²) in [7, 11) is 1.43.